The molecule has 0 saturated heterocycles. The zero-order valence-electron chi connectivity index (χ0n) is 8.03. The summed E-state index contributed by atoms with van der Waals surface area (Å²) in [4.78, 5) is 14.7. The fraction of sp³-hybridized carbons (Fsp3) is 0.0909. The second-order valence-corrected chi connectivity index (χ2v) is 3.06. The van der Waals surface area contributed by atoms with E-state index >= 15 is 0 Å². The highest BCUT2D eigenvalue weighted by atomic mass is 19.1. The van der Waals surface area contributed by atoms with E-state index in [2.05, 4.69) is 4.98 Å². The minimum atomic E-state index is -0.610. The Morgan fingerprint density at radius 2 is 2.20 bits per heavy atom. The number of aromatic nitrogens is 1. The summed E-state index contributed by atoms with van der Waals surface area (Å²) < 4.78 is 18.3. The van der Waals surface area contributed by atoms with E-state index in [0.717, 1.165) is 0 Å². The topological polar surface area (TPSA) is 43.1 Å². The van der Waals surface area contributed by atoms with Crippen LogP contribution in [0.1, 0.15) is 17.5 Å². The first-order valence-electron chi connectivity index (χ1n) is 4.39. The smallest absolute Gasteiger partial charge is 0.220 e. The Bertz CT molecular complexity index is 505. The number of halogens is 1. The Morgan fingerprint density at radius 3 is 2.87 bits per heavy atom. The largest absolute Gasteiger partial charge is 0.461 e. The predicted molar refractivity (Wildman–Crippen MR) is 51.9 cm³/mol. The summed E-state index contributed by atoms with van der Waals surface area (Å²) in [6, 6.07) is 4.71. The fourth-order valence-electron chi connectivity index (χ4n) is 1.38. The normalized spacial score (nSPS) is 10.3. The molecule has 0 aliphatic rings. The first kappa shape index (κ1) is 9.58. The number of carbonyl (C=O) groups is 1. The number of pyridine rings is 1. The van der Waals surface area contributed by atoms with Gasteiger partial charge in [0.15, 0.2) is 11.5 Å². The minimum Gasteiger partial charge on any atom is -0.461 e. The second-order valence-electron chi connectivity index (χ2n) is 3.06. The second kappa shape index (κ2) is 3.65. The zero-order chi connectivity index (χ0) is 10.8. The quantitative estimate of drug-likeness (QED) is 0.559. The highest BCUT2D eigenvalue weighted by molar-refractivity contribution is 5.98. The molecule has 0 unspecified atom stereocenters. The maximum absolute atomic E-state index is 13.3. The summed E-state index contributed by atoms with van der Waals surface area (Å²) in [5.41, 5.74) is 0.713. The van der Waals surface area contributed by atoms with Gasteiger partial charge in [0, 0.05) is 24.2 Å². The van der Waals surface area contributed by atoms with Gasteiger partial charge in [0.05, 0.1) is 6.26 Å². The highest BCUT2D eigenvalue weighted by Gasteiger charge is 2.15. The molecule has 4 heteroatoms. The number of hydrogen-bond donors (Lipinski definition) is 0. The molecule has 2 rings (SSSR count). The van der Waals surface area contributed by atoms with E-state index in [1.54, 1.807) is 18.2 Å². The molecule has 0 saturated carbocycles. The lowest BCUT2D eigenvalue weighted by molar-refractivity contribution is 0.0988. The predicted octanol–water partition coefficient (Wildman–Crippen LogP) is 2.68. The zero-order valence-corrected chi connectivity index (χ0v) is 8.03. The maximum Gasteiger partial charge on any atom is 0.220 e. The first-order valence-corrected chi connectivity index (χ1v) is 4.39. The average molecular weight is 205 g/mol. The number of carbonyl (C=O) groups excluding carboxylic acids is 1. The Balaban J connectivity index is 2.59. The van der Waals surface area contributed by atoms with Crippen LogP contribution < -0.4 is 0 Å². The van der Waals surface area contributed by atoms with Crippen molar-refractivity contribution in [2.45, 2.75) is 6.92 Å². The lowest BCUT2D eigenvalue weighted by Crippen LogP contribution is -1.94. The van der Waals surface area contributed by atoms with Crippen LogP contribution in [0.15, 0.2) is 35.1 Å². The van der Waals surface area contributed by atoms with Gasteiger partial charge in [0.1, 0.15) is 0 Å². The van der Waals surface area contributed by atoms with Gasteiger partial charge in [-0.2, -0.15) is 4.39 Å². The molecule has 15 heavy (non-hydrogen) atoms. The molecule has 2 heterocycles. The van der Waals surface area contributed by atoms with Crippen LogP contribution in [-0.2, 0) is 0 Å². The van der Waals surface area contributed by atoms with Crippen LogP contribution in [0.25, 0.3) is 11.1 Å². The van der Waals surface area contributed by atoms with Gasteiger partial charge in [-0.05, 0) is 18.2 Å². The van der Waals surface area contributed by atoms with Crippen LogP contribution >= 0.6 is 0 Å². The lowest BCUT2D eigenvalue weighted by atomic mass is 10.1. The summed E-state index contributed by atoms with van der Waals surface area (Å²) in [6.07, 6.45) is 2.71. The van der Waals surface area contributed by atoms with Gasteiger partial charge >= 0.3 is 0 Å². The van der Waals surface area contributed by atoms with E-state index in [4.69, 9.17) is 4.42 Å². The van der Waals surface area contributed by atoms with Crippen molar-refractivity contribution in [1.29, 1.82) is 0 Å². The van der Waals surface area contributed by atoms with Crippen LogP contribution in [-0.4, -0.2) is 10.8 Å². The van der Waals surface area contributed by atoms with Crippen LogP contribution in [0, 0.1) is 5.95 Å². The van der Waals surface area contributed by atoms with Gasteiger partial charge in [-0.3, -0.25) is 4.79 Å². The summed E-state index contributed by atoms with van der Waals surface area (Å²) in [5.74, 6) is -0.693. The van der Waals surface area contributed by atoms with Gasteiger partial charge in [0.2, 0.25) is 5.95 Å². The summed E-state index contributed by atoms with van der Waals surface area (Å²) in [7, 11) is 0. The van der Waals surface area contributed by atoms with Crippen molar-refractivity contribution in [3.8, 4) is 11.1 Å². The third kappa shape index (κ3) is 1.66. The van der Waals surface area contributed by atoms with E-state index in [1.165, 1.54) is 19.4 Å². The molecule has 2 aromatic heterocycles. The molecule has 2 aromatic rings. The van der Waals surface area contributed by atoms with Crippen molar-refractivity contribution in [3.63, 3.8) is 0 Å². The van der Waals surface area contributed by atoms with Crippen molar-refractivity contribution in [2.24, 2.45) is 0 Å². The molecular formula is C11H8FNO2. The number of ketones is 1. The van der Waals surface area contributed by atoms with Gasteiger partial charge in [-0.1, -0.05) is 0 Å². The van der Waals surface area contributed by atoms with Crippen LogP contribution in [0.5, 0.6) is 0 Å². The third-order valence-electron chi connectivity index (χ3n) is 2.03. The maximum atomic E-state index is 13.3. The first-order chi connectivity index (χ1) is 7.20. The van der Waals surface area contributed by atoms with E-state index < -0.39 is 5.95 Å². The van der Waals surface area contributed by atoms with Crippen LogP contribution in [0.2, 0.25) is 0 Å². The van der Waals surface area contributed by atoms with Crippen molar-refractivity contribution < 1.29 is 13.6 Å². The molecule has 0 amide bonds. The SMILES string of the molecule is CC(=O)c1occc1-c1cccnc1F. The summed E-state index contributed by atoms with van der Waals surface area (Å²) in [5, 5.41) is 0. The van der Waals surface area contributed by atoms with Crippen molar-refractivity contribution in [3.05, 3.63) is 42.4 Å². The van der Waals surface area contributed by atoms with Crippen molar-refractivity contribution in [1.82, 2.24) is 4.98 Å². The van der Waals surface area contributed by atoms with Crippen molar-refractivity contribution in [2.75, 3.05) is 0 Å². The van der Waals surface area contributed by atoms with Crippen LogP contribution in [0.4, 0.5) is 4.39 Å². The van der Waals surface area contributed by atoms with Gasteiger partial charge in [-0.15, -0.1) is 0 Å². The van der Waals surface area contributed by atoms with E-state index in [9.17, 15) is 9.18 Å². The Hall–Kier alpha value is -1.97. The monoisotopic (exact) mass is 205 g/mol. The molecule has 0 aliphatic heterocycles. The molecular weight excluding hydrogens is 197 g/mol. The Kier molecular flexibility index (Phi) is 2.33. The van der Waals surface area contributed by atoms with Gasteiger partial charge in [-0.25, -0.2) is 4.98 Å². The summed E-state index contributed by atoms with van der Waals surface area (Å²) >= 11 is 0. The average Bonchev–Trinajstić information content (AvgIpc) is 2.67. The molecule has 0 fully saturated rings. The number of Topliss-reactive ketones (excluding diaryl/α,β-unsaturated/α-hetero) is 1. The standard InChI is InChI=1S/C11H8FNO2/c1-7(14)10-8(4-6-15-10)9-3-2-5-13-11(9)12/h2-6H,1H3. The van der Waals surface area contributed by atoms with Crippen LogP contribution in [0.3, 0.4) is 0 Å². The molecule has 0 radical (unpaired) electrons. The molecule has 0 aromatic carbocycles. The molecule has 0 aliphatic carbocycles. The molecule has 0 bridgehead atoms. The fourth-order valence-corrected chi connectivity index (χ4v) is 1.38. The number of nitrogens with zero attached hydrogens (tertiary/aromatic N) is 1. The van der Waals surface area contributed by atoms with Gasteiger partial charge in [0.25, 0.3) is 0 Å². The number of furan rings is 1. The van der Waals surface area contributed by atoms with Crippen molar-refractivity contribution >= 4 is 5.78 Å². The Morgan fingerprint density at radius 1 is 1.40 bits per heavy atom. The van der Waals surface area contributed by atoms with E-state index in [0.29, 0.717) is 5.56 Å². The molecule has 76 valence electrons. The summed E-state index contributed by atoms with van der Waals surface area (Å²) in [6.45, 7) is 1.37. The number of hydrogen-bond acceptors (Lipinski definition) is 3. The third-order valence-corrected chi connectivity index (χ3v) is 2.03. The Labute approximate surface area is 85.6 Å². The highest BCUT2D eigenvalue weighted by Crippen LogP contribution is 2.26. The van der Waals surface area contributed by atoms with Gasteiger partial charge < -0.3 is 4.42 Å². The lowest BCUT2D eigenvalue weighted by Gasteiger charge is -2.00. The van der Waals surface area contributed by atoms with E-state index in [-0.39, 0.29) is 17.1 Å². The molecule has 0 spiro atoms. The molecule has 0 N–H and O–H groups in total. The number of rotatable bonds is 2. The minimum absolute atomic E-state index is 0.155. The molecule has 3 nitrogen and oxygen atoms in total. The molecule has 0 atom stereocenters. The van der Waals surface area contributed by atoms with E-state index in [1.807, 2.05) is 0 Å².